The van der Waals surface area contributed by atoms with Gasteiger partial charge < -0.3 is 5.32 Å². The number of anilines is 2. The number of aromatic nitrogens is 3. The summed E-state index contributed by atoms with van der Waals surface area (Å²) >= 11 is 1.18. The maximum atomic E-state index is 11.1. The van der Waals surface area contributed by atoms with Crippen molar-refractivity contribution in [2.24, 2.45) is 0 Å². The van der Waals surface area contributed by atoms with E-state index in [4.69, 9.17) is 0 Å². The van der Waals surface area contributed by atoms with Crippen molar-refractivity contribution in [3.05, 3.63) is 42.5 Å². The molecule has 0 amide bonds. The highest BCUT2D eigenvalue weighted by Crippen LogP contribution is 2.39. The normalized spacial score (nSPS) is 10.3. The van der Waals surface area contributed by atoms with Crippen LogP contribution in [0.5, 0.6) is 0 Å². The number of aromatic amines is 1. The Labute approximate surface area is 130 Å². The van der Waals surface area contributed by atoms with E-state index in [1.807, 2.05) is 0 Å². The van der Waals surface area contributed by atoms with Crippen molar-refractivity contribution in [1.29, 1.82) is 0 Å². The molecule has 0 atom stereocenters. The average Bonchev–Trinajstić information content (AvgIpc) is 2.94. The monoisotopic (exact) mass is 341 g/mol. The van der Waals surface area contributed by atoms with Gasteiger partial charge in [-0.3, -0.25) is 30.3 Å². The summed E-state index contributed by atoms with van der Waals surface area (Å²) in [5.74, 6) is -0.0746. The Morgan fingerprint density at radius 2 is 1.65 bits per heavy atom. The first-order valence-electron chi connectivity index (χ1n) is 5.68. The van der Waals surface area contributed by atoms with Crippen molar-refractivity contribution in [1.82, 2.24) is 15.2 Å². The average molecular weight is 341 g/mol. The number of nitro groups is 3. The molecule has 2 rings (SSSR count). The predicted octanol–water partition coefficient (Wildman–Crippen LogP) is 1.99. The van der Waals surface area contributed by atoms with Crippen LogP contribution in [0.4, 0.5) is 28.7 Å². The molecule has 2 N–H and O–H groups in total. The minimum absolute atomic E-state index is 0.0746. The van der Waals surface area contributed by atoms with Crippen LogP contribution in [-0.4, -0.2) is 36.2 Å². The third-order valence-corrected chi connectivity index (χ3v) is 3.12. The topological polar surface area (TPSA) is 183 Å². The summed E-state index contributed by atoms with van der Waals surface area (Å²) in [5, 5.41) is 41.8. The number of nitrogens with one attached hydrogen (secondary N) is 2. The number of non-ortho nitro benzene ring substituents is 1. The maximum Gasteiger partial charge on any atom is 0.306 e. The van der Waals surface area contributed by atoms with Gasteiger partial charge in [0.05, 0.1) is 26.9 Å². The maximum absolute atomic E-state index is 11.1. The molecule has 120 valence electrons. The van der Waals surface area contributed by atoms with Crippen molar-refractivity contribution in [3.8, 4) is 0 Å². The zero-order chi connectivity index (χ0) is 17.1. The van der Waals surface area contributed by atoms with Crippen molar-refractivity contribution < 1.29 is 14.8 Å². The molecule has 2 aromatic rings. The number of thioether (sulfide) groups is 1. The summed E-state index contributed by atoms with van der Waals surface area (Å²) in [5.41, 5.74) is -2.95. The van der Waals surface area contributed by atoms with Gasteiger partial charge in [0, 0.05) is 0 Å². The minimum Gasteiger partial charge on any atom is -0.313 e. The van der Waals surface area contributed by atoms with Crippen LogP contribution >= 0.6 is 11.8 Å². The Hall–Kier alpha value is -3.29. The molecule has 1 aromatic heterocycles. The van der Waals surface area contributed by atoms with E-state index in [2.05, 4.69) is 20.5 Å². The lowest BCUT2D eigenvalue weighted by molar-refractivity contribution is -0.401. The Morgan fingerprint density at radius 1 is 1.09 bits per heavy atom. The zero-order valence-electron chi connectivity index (χ0n) is 11.2. The number of hydrogen-bond donors (Lipinski definition) is 2. The SMILES string of the molecule is CSc1n[nH]c(Nc2c([N+](=O)[O-])cc([N+](=O)[O-])cc2[N+](=O)[O-])n1. The molecule has 0 aliphatic heterocycles. The molecule has 0 saturated carbocycles. The number of hydrogen-bond acceptors (Lipinski definition) is 10. The molecule has 0 aliphatic carbocycles. The smallest absolute Gasteiger partial charge is 0.306 e. The fraction of sp³-hybridized carbons (Fsp3) is 0.111. The molecule has 23 heavy (non-hydrogen) atoms. The van der Waals surface area contributed by atoms with Crippen LogP contribution in [0.3, 0.4) is 0 Å². The van der Waals surface area contributed by atoms with Crippen LogP contribution in [0.1, 0.15) is 0 Å². The molecule has 0 saturated heterocycles. The highest BCUT2D eigenvalue weighted by atomic mass is 32.2. The highest BCUT2D eigenvalue weighted by Gasteiger charge is 2.31. The van der Waals surface area contributed by atoms with Gasteiger partial charge in [-0.05, 0) is 6.26 Å². The number of rotatable bonds is 6. The summed E-state index contributed by atoms with van der Waals surface area (Å²) in [4.78, 5) is 34.0. The van der Waals surface area contributed by atoms with Gasteiger partial charge in [0.1, 0.15) is 0 Å². The van der Waals surface area contributed by atoms with Crippen molar-refractivity contribution in [2.45, 2.75) is 5.16 Å². The minimum atomic E-state index is -0.964. The van der Waals surface area contributed by atoms with Crippen LogP contribution < -0.4 is 5.32 Å². The highest BCUT2D eigenvalue weighted by molar-refractivity contribution is 7.98. The van der Waals surface area contributed by atoms with E-state index >= 15 is 0 Å². The zero-order valence-corrected chi connectivity index (χ0v) is 12.1. The van der Waals surface area contributed by atoms with Crippen LogP contribution in [0.25, 0.3) is 0 Å². The Balaban J connectivity index is 2.60. The molecule has 0 unspecified atom stereocenters. The molecule has 13 nitrogen and oxygen atoms in total. The third kappa shape index (κ3) is 3.31. The lowest BCUT2D eigenvalue weighted by Gasteiger charge is -2.05. The number of benzene rings is 1. The summed E-state index contributed by atoms with van der Waals surface area (Å²) < 4.78 is 0. The van der Waals surface area contributed by atoms with Gasteiger partial charge in [0.2, 0.25) is 11.1 Å². The molecule has 14 heteroatoms. The van der Waals surface area contributed by atoms with Gasteiger partial charge in [-0.1, -0.05) is 11.8 Å². The van der Waals surface area contributed by atoms with Gasteiger partial charge in [-0.15, -0.1) is 5.10 Å². The standard InChI is InChI=1S/C9H7N7O6S/c1-23-9-11-8(12-13-9)10-7-5(15(19)20)2-4(14(17)18)3-6(7)16(21)22/h2-3H,1H3,(H2,10,11,12,13). The second-order valence-electron chi connectivity index (χ2n) is 3.93. The predicted molar refractivity (Wildman–Crippen MR) is 77.9 cm³/mol. The first-order valence-corrected chi connectivity index (χ1v) is 6.90. The van der Waals surface area contributed by atoms with Crippen LogP contribution in [-0.2, 0) is 0 Å². The summed E-state index contributed by atoms with van der Waals surface area (Å²) in [6.07, 6.45) is 1.68. The fourth-order valence-corrected chi connectivity index (χ4v) is 1.95. The van der Waals surface area contributed by atoms with Gasteiger partial charge in [0.15, 0.2) is 5.69 Å². The first-order chi connectivity index (χ1) is 10.8. The van der Waals surface area contributed by atoms with Crippen molar-refractivity contribution in [3.63, 3.8) is 0 Å². The second-order valence-corrected chi connectivity index (χ2v) is 4.70. The van der Waals surface area contributed by atoms with E-state index in [9.17, 15) is 30.3 Å². The van der Waals surface area contributed by atoms with Crippen molar-refractivity contribution >= 4 is 40.5 Å². The number of nitrogens with zero attached hydrogens (tertiary/aromatic N) is 5. The van der Waals surface area contributed by atoms with Crippen LogP contribution in [0.15, 0.2) is 17.3 Å². The van der Waals surface area contributed by atoms with Gasteiger partial charge in [-0.2, -0.15) is 4.98 Å². The fourth-order valence-electron chi connectivity index (χ4n) is 1.63. The van der Waals surface area contributed by atoms with Gasteiger partial charge in [-0.25, -0.2) is 5.10 Å². The molecule has 0 fully saturated rings. The molecular formula is C9H7N7O6S. The first kappa shape index (κ1) is 16.1. The second kappa shape index (κ2) is 6.22. The summed E-state index contributed by atoms with van der Waals surface area (Å²) in [6.45, 7) is 0. The van der Waals surface area contributed by atoms with Gasteiger partial charge >= 0.3 is 11.4 Å². The third-order valence-electron chi connectivity index (χ3n) is 2.58. The lowest BCUT2D eigenvalue weighted by atomic mass is 10.2. The van der Waals surface area contributed by atoms with E-state index < -0.39 is 37.5 Å². The largest absolute Gasteiger partial charge is 0.313 e. The molecular weight excluding hydrogens is 334 g/mol. The molecule has 1 aromatic carbocycles. The molecule has 0 spiro atoms. The number of H-pyrrole nitrogens is 1. The van der Waals surface area contributed by atoms with Crippen LogP contribution in [0.2, 0.25) is 0 Å². The Kier molecular flexibility index (Phi) is 4.35. The van der Waals surface area contributed by atoms with E-state index in [-0.39, 0.29) is 5.95 Å². The molecule has 0 aliphatic rings. The molecule has 1 heterocycles. The summed E-state index contributed by atoms with van der Waals surface area (Å²) in [7, 11) is 0. The Bertz CT molecular complexity index is 770. The summed E-state index contributed by atoms with van der Waals surface area (Å²) in [6, 6.07) is 1.25. The van der Waals surface area contributed by atoms with E-state index in [1.54, 1.807) is 6.26 Å². The van der Waals surface area contributed by atoms with E-state index in [1.165, 1.54) is 11.8 Å². The number of nitro benzene ring substituents is 3. The lowest BCUT2D eigenvalue weighted by Crippen LogP contribution is -2.04. The molecule has 0 radical (unpaired) electrons. The van der Waals surface area contributed by atoms with Crippen molar-refractivity contribution in [2.75, 3.05) is 11.6 Å². The van der Waals surface area contributed by atoms with Crippen LogP contribution in [0, 0.1) is 30.3 Å². The quantitative estimate of drug-likeness (QED) is 0.447. The molecule has 0 bridgehead atoms. The Morgan fingerprint density at radius 3 is 2.04 bits per heavy atom. The van der Waals surface area contributed by atoms with E-state index in [0.717, 1.165) is 0 Å². The van der Waals surface area contributed by atoms with Gasteiger partial charge in [0.25, 0.3) is 5.69 Å². The van der Waals surface area contributed by atoms with E-state index in [0.29, 0.717) is 17.3 Å².